The third-order valence-electron chi connectivity index (χ3n) is 5.89. The summed E-state index contributed by atoms with van der Waals surface area (Å²) in [6.07, 6.45) is 6.85. The highest BCUT2D eigenvalue weighted by Gasteiger charge is 2.40. The van der Waals surface area contributed by atoms with Crippen LogP contribution in [0.5, 0.6) is 5.88 Å². The highest BCUT2D eigenvalue weighted by Crippen LogP contribution is 2.36. The summed E-state index contributed by atoms with van der Waals surface area (Å²) in [7, 11) is 2.94. The first-order valence-corrected chi connectivity index (χ1v) is 11.8. The van der Waals surface area contributed by atoms with Crippen LogP contribution in [-0.2, 0) is 25.4 Å². The average molecular weight is 465 g/mol. The lowest BCUT2D eigenvalue weighted by molar-refractivity contribution is -0.149. The molecular weight excluding hydrogens is 428 g/mol. The van der Waals surface area contributed by atoms with Gasteiger partial charge in [0, 0.05) is 26.3 Å². The van der Waals surface area contributed by atoms with E-state index in [-0.39, 0.29) is 24.1 Å². The van der Waals surface area contributed by atoms with E-state index in [1.807, 2.05) is 11.8 Å². The number of aromatic nitrogens is 2. The number of nitrogens with zero attached hydrogens (tertiary/aromatic N) is 3. The zero-order chi connectivity index (χ0) is 23.6. The maximum Gasteiger partial charge on any atom is 0.406 e. The van der Waals surface area contributed by atoms with Crippen LogP contribution in [0, 0.1) is 0 Å². The van der Waals surface area contributed by atoms with Crippen LogP contribution in [0.15, 0.2) is 6.20 Å². The van der Waals surface area contributed by atoms with Crippen molar-refractivity contribution in [3.05, 3.63) is 17.6 Å². The van der Waals surface area contributed by atoms with Crippen LogP contribution in [0.4, 0.5) is 4.79 Å². The molecule has 0 radical (unpaired) electrons. The van der Waals surface area contributed by atoms with Gasteiger partial charge in [0.15, 0.2) is 0 Å². The minimum atomic E-state index is -0.469. The minimum absolute atomic E-state index is 0.0516. The van der Waals surface area contributed by atoms with Crippen molar-refractivity contribution in [1.29, 1.82) is 0 Å². The standard InChI is InChI=1S/C23H36N4O6/c1-16(27(17-9-10-17)22(28)20-8-4-5-12-32-20)19-15-25-21(33-14-13-30-2)18(26-19)7-6-11-24-23(29)31-3/h15-17,20H,4-14H2,1-3H3,(H,24,29)/t16-,20-/m1/s1. The number of carbonyl (C=O) groups is 2. The summed E-state index contributed by atoms with van der Waals surface area (Å²) < 4.78 is 21.2. The number of aryl methyl sites for hydroxylation is 1. The van der Waals surface area contributed by atoms with E-state index in [1.165, 1.54) is 7.11 Å². The minimum Gasteiger partial charge on any atom is -0.474 e. The number of hydrogen-bond donors (Lipinski definition) is 1. The van der Waals surface area contributed by atoms with Crippen molar-refractivity contribution in [2.45, 2.75) is 70.1 Å². The van der Waals surface area contributed by atoms with Gasteiger partial charge in [-0.2, -0.15) is 0 Å². The normalized spacial score (nSPS) is 18.9. The molecule has 3 rings (SSSR count). The van der Waals surface area contributed by atoms with Gasteiger partial charge in [-0.15, -0.1) is 0 Å². The Morgan fingerprint density at radius 2 is 2.06 bits per heavy atom. The third kappa shape index (κ3) is 7.26. The number of methoxy groups -OCH3 is 2. The Hall–Kier alpha value is -2.46. The van der Waals surface area contributed by atoms with Gasteiger partial charge in [0.05, 0.1) is 31.6 Å². The number of carbonyl (C=O) groups excluding carboxylic acids is 2. The lowest BCUT2D eigenvalue weighted by Gasteiger charge is -2.33. The quantitative estimate of drug-likeness (QED) is 0.470. The topological polar surface area (TPSA) is 112 Å². The van der Waals surface area contributed by atoms with Crippen LogP contribution in [-0.4, -0.2) is 79.6 Å². The second-order valence-corrected chi connectivity index (χ2v) is 8.42. The molecule has 2 fully saturated rings. The number of ether oxygens (including phenoxy) is 4. The van der Waals surface area contributed by atoms with Crippen molar-refractivity contribution in [3.63, 3.8) is 0 Å². The van der Waals surface area contributed by atoms with Crippen LogP contribution in [0.3, 0.4) is 0 Å². The summed E-state index contributed by atoms with van der Waals surface area (Å²) in [5, 5.41) is 2.67. The van der Waals surface area contributed by atoms with Gasteiger partial charge in [0.2, 0.25) is 5.88 Å². The fourth-order valence-electron chi connectivity index (χ4n) is 3.94. The number of hydrogen-bond acceptors (Lipinski definition) is 8. The van der Waals surface area contributed by atoms with E-state index in [2.05, 4.69) is 15.0 Å². The number of rotatable bonds is 12. The van der Waals surface area contributed by atoms with Gasteiger partial charge in [-0.25, -0.2) is 14.8 Å². The van der Waals surface area contributed by atoms with Crippen molar-refractivity contribution < 1.29 is 28.5 Å². The van der Waals surface area contributed by atoms with Gasteiger partial charge in [-0.3, -0.25) is 4.79 Å². The molecule has 1 aromatic heterocycles. The van der Waals surface area contributed by atoms with E-state index in [0.717, 1.165) is 37.8 Å². The van der Waals surface area contributed by atoms with E-state index in [4.69, 9.17) is 19.2 Å². The maximum absolute atomic E-state index is 13.3. The van der Waals surface area contributed by atoms with Gasteiger partial charge < -0.3 is 29.2 Å². The molecule has 10 heteroatoms. The van der Waals surface area contributed by atoms with Crippen molar-refractivity contribution in [1.82, 2.24) is 20.2 Å². The molecule has 0 spiro atoms. The van der Waals surface area contributed by atoms with E-state index >= 15 is 0 Å². The molecule has 1 saturated heterocycles. The first-order chi connectivity index (χ1) is 16.0. The number of nitrogens with one attached hydrogen (secondary N) is 1. The smallest absolute Gasteiger partial charge is 0.406 e. The Kier molecular flexibility index (Phi) is 9.68. The van der Waals surface area contributed by atoms with Gasteiger partial charge >= 0.3 is 6.09 Å². The first kappa shape index (κ1) is 25.2. The third-order valence-corrected chi connectivity index (χ3v) is 5.89. The molecule has 2 aliphatic rings. The molecule has 1 saturated carbocycles. The van der Waals surface area contributed by atoms with Gasteiger partial charge in [0.25, 0.3) is 5.91 Å². The van der Waals surface area contributed by atoms with Crippen LogP contribution >= 0.6 is 0 Å². The summed E-state index contributed by atoms with van der Waals surface area (Å²) in [6.45, 7) is 3.88. The van der Waals surface area contributed by atoms with Gasteiger partial charge in [-0.1, -0.05) is 0 Å². The molecule has 33 heavy (non-hydrogen) atoms. The van der Waals surface area contributed by atoms with Gasteiger partial charge in [0.1, 0.15) is 18.4 Å². The highest BCUT2D eigenvalue weighted by molar-refractivity contribution is 5.82. The largest absolute Gasteiger partial charge is 0.474 e. The molecule has 1 aromatic rings. The second kappa shape index (κ2) is 12.7. The second-order valence-electron chi connectivity index (χ2n) is 8.42. The molecule has 1 aliphatic carbocycles. The fraction of sp³-hybridized carbons (Fsp3) is 0.739. The predicted octanol–water partition coefficient (Wildman–Crippen LogP) is 2.41. The molecule has 1 N–H and O–H groups in total. The van der Waals surface area contributed by atoms with Crippen LogP contribution in [0.25, 0.3) is 0 Å². The SMILES string of the molecule is COCCOc1ncc([C@@H](C)N(C(=O)[C@H]2CCCCO2)C2CC2)nc1CCCNC(=O)OC. The van der Waals surface area contributed by atoms with Crippen molar-refractivity contribution in [3.8, 4) is 5.88 Å². The monoisotopic (exact) mass is 464 g/mol. The number of amides is 2. The summed E-state index contributed by atoms with van der Waals surface area (Å²) in [4.78, 5) is 35.9. The van der Waals surface area contributed by atoms with Crippen LogP contribution in [0.1, 0.15) is 62.9 Å². The zero-order valence-electron chi connectivity index (χ0n) is 19.9. The van der Waals surface area contributed by atoms with Crippen molar-refractivity contribution >= 4 is 12.0 Å². The van der Waals surface area contributed by atoms with E-state index in [9.17, 15) is 9.59 Å². The fourth-order valence-corrected chi connectivity index (χ4v) is 3.94. The Labute approximate surface area is 195 Å². The van der Waals surface area contributed by atoms with Gasteiger partial charge in [-0.05, 0) is 51.9 Å². The van der Waals surface area contributed by atoms with Crippen molar-refractivity contribution in [2.24, 2.45) is 0 Å². The highest BCUT2D eigenvalue weighted by atomic mass is 16.5. The summed E-state index contributed by atoms with van der Waals surface area (Å²) in [5.41, 5.74) is 1.42. The van der Waals surface area contributed by atoms with Crippen LogP contribution < -0.4 is 10.1 Å². The molecule has 0 unspecified atom stereocenters. The number of alkyl carbamates (subject to hydrolysis) is 1. The van der Waals surface area contributed by atoms with Crippen molar-refractivity contribution in [2.75, 3.05) is 40.6 Å². The lowest BCUT2D eigenvalue weighted by atomic mass is 10.1. The molecule has 0 aromatic carbocycles. The Morgan fingerprint density at radius 1 is 1.24 bits per heavy atom. The average Bonchev–Trinajstić information content (AvgIpc) is 3.68. The summed E-state index contributed by atoms with van der Waals surface area (Å²) >= 11 is 0. The Morgan fingerprint density at radius 3 is 2.73 bits per heavy atom. The van der Waals surface area contributed by atoms with E-state index in [0.29, 0.717) is 50.8 Å². The van der Waals surface area contributed by atoms with E-state index in [1.54, 1.807) is 13.3 Å². The first-order valence-electron chi connectivity index (χ1n) is 11.8. The summed E-state index contributed by atoms with van der Waals surface area (Å²) in [6, 6.07) is 0.00755. The molecule has 184 valence electrons. The zero-order valence-corrected chi connectivity index (χ0v) is 19.9. The maximum atomic E-state index is 13.3. The molecule has 2 atom stereocenters. The molecule has 2 heterocycles. The summed E-state index contributed by atoms with van der Waals surface area (Å²) in [5.74, 6) is 0.497. The van der Waals surface area contributed by atoms with E-state index < -0.39 is 6.09 Å². The molecular formula is C23H36N4O6. The molecule has 10 nitrogen and oxygen atoms in total. The van der Waals surface area contributed by atoms with Crippen LogP contribution in [0.2, 0.25) is 0 Å². The lowest BCUT2D eigenvalue weighted by Crippen LogP contribution is -2.44. The molecule has 1 aliphatic heterocycles. The Bertz CT molecular complexity index is 782. The Balaban J connectivity index is 1.73. The predicted molar refractivity (Wildman–Crippen MR) is 120 cm³/mol. The molecule has 2 amide bonds. The molecule has 0 bridgehead atoms.